The third kappa shape index (κ3) is 2.70. The molecule has 3 heteroatoms. The van der Waals surface area contributed by atoms with Crippen molar-refractivity contribution in [3.8, 4) is 0 Å². The van der Waals surface area contributed by atoms with Gasteiger partial charge >= 0.3 is 0 Å². The number of amides is 1. The van der Waals surface area contributed by atoms with Crippen LogP contribution in [0.1, 0.15) is 28.8 Å². The highest BCUT2D eigenvalue weighted by Gasteiger charge is 2.44. The molecule has 0 heterocycles. The summed E-state index contributed by atoms with van der Waals surface area (Å²) in [6.45, 7) is 0.683. The lowest BCUT2D eigenvalue weighted by Crippen LogP contribution is -2.32. The molecule has 1 amide bonds. The Morgan fingerprint density at radius 3 is 2.30 bits per heavy atom. The lowest BCUT2D eigenvalue weighted by atomic mass is 9.96. The second-order valence-corrected chi connectivity index (χ2v) is 5.77. The van der Waals surface area contributed by atoms with E-state index in [1.54, 1.807) is 0 Å². The van der Waals surface area contributed by atoms with Crippen molar-refractivity contribution < 1.29 is 4.79 Å². The van der Waals surface area contributed by atoms with Crippen molar-refractivity contribution in [2.24, 2.45) is 0 Å². The Morgan fingerprint density at radius 1 is 1.05 bits per heavy atom. The number of carbonyl (C=O) groups is 1. The number of hydrogen-bond donors (Lipinski definition) is 1. The highest BCUT2D eigenvalue weighted by atomic mass is 35.5. The Balaban J connectivity index is 1.66. The number of benzene rings is 2. The average molecular weight is 286 g/mol. The Hall–Kier alpha value is -1.80. The highest BCUT2D eigenvalue weighted by molar-refractivity contribution is 6.30. The summed E-state index contributed by atoms with van der Waals surface area (Å²) < 4.78 is 0. The highest BCUT2D eigenvalue weighted by Crippen LogP contribution is 2.47. The van der Waals surface area contributed by atoms with Crippen LogP contribution in [-0.2, 0) is 5.41 Å². The van der Waals surface area contributed by atoms with Crippen LogP contribution in [0.4, 0.5) is 0 Å². The zero-order valence-corrected chi connectivity index (χ0v) is 11.9. The first-order valence-electron chi connectivity index (χ1n) is 6.79. The molecule has 3 rings (SSSR count). The summed E-state index contributed by atoms with van der Waals surface area (Å²) in [5.74, 6) is -0.00848. The van der Waals surface area contributed by atoms with E-state index in [1.807, 2.05) is 42.5 Å². The van der Waals surface area contributed by atoms with Gasteiger partial charge < -0.3 is 5.32 Å². The van der Waals surface area contributed by atoms with E-state index in [-0.39, 0.29) is 11.3 Å². The maximum atomic E-state index is 12.1. The molecule has 1 saturated carbocycles. The predicted molar refractivity (Wildman–Crippen MR) is 81.1 cm³/mol. The minimum atomic E-state index is -0.00848. The van der Waals surface area contributed by atoms with E-state index >= 15 is 0 Å². The molecule has 2 nitrogen and oxygen atoms in total. The first-order valence-corrected chi connectivity index (χ1v) is 7.17. The van der Waals surface area contributed by atoms with Gasteiger partial charge in [-0.1, -0.05) is 41.9 Å². The van der Waals surface area contributed by atoms with Crippen molar-refractivity contribution in [1.29, 1.82) is 0 Å². The monoisotopic (exact) mass is 285 g/mol. The second-order valence-electron chi connectivity index (χ2n) is 5.34. The largest absolute Gasteiger partial charge is 0.351 e. The molecule has 2 aromatic carbocycles. The molecule has 1 N–H and O–H groups in total. The molecule has 20 heavy (non-hydrogen) atoms. The molecule has 0 spiro atoms. The normalized spacial score (nSPS) is 15.7. The van der Waals surface area contributed by atoms with Crippen LogP contribution in [0.3, 0.4) is 0 Å². The Bertz CT molecular complexity index is 603. The molecular weight excluding hydrogens is 270 g/mol. The molecule has 0 atom stereocenters. The predicted octanol–water partition coefficient (Wildman–Crippen LogP) is 3.80. The van der Waals surface area contributed by atoms with Crippen molar-refractivity contribution in [3.05, 3.63) is 70.7 Å². The Labute approximate surface area is 123 Å². The summed E-state index contributed by atoms with van der Waals surface area (Å²) in [5, 5.41) is 3.79. The van der Waals surface area contributed by atoms with Gasteiger partial charge in [-0.15, -0.1) is 0 Å². The standard InChI is InChI=1S/C17H16ClNO/c18-15-8-6-14(7-9-15)17(10-11-17)12-19-16(20)13-4-2-1-3-5-13/h1-9H,10-12H2,(H,19,20). The van der Waals surface area contributed by atoms with Gasteiger partial charge in [-0.2, -0.15) is 0 Å². The maximum absolute atomic E-state index is 12.1. The lowest BCUT2D eigenvalue weighted by Gasteiger charge is -2.16. The van der Waals surface area contributed by atoms with E-state index in [9.17, 15) is 4.79 Å². The summed E-state index contributed by atoms with van der Waals surface area (Å²) in [4.78, 5) is 12.1. The Morgan fingerprint density at radius 2 is 1.70 bits per heavy atom. The van der Waals surface area contributed by atoms with Crippen molar-refractivity contribution in [2.45, 2.75) is 18.3 Å². The summed E-state index contributed by atoms with van der Waals surface area (Å²) in [5.41, 5.74) is 2.07. The van der Waals surface area contributed by atoms with Crippen LogP contribution in [-0.4, -0.2) is 12.5 Å². The maximum Gasteiger partial charge on any atom is 0.251 e. The fourth-order valence-electron chi connectivity index (χ4n) is 2.46. The average Bonchev–Trinajstić information content (AvgIpc) is 3.27. The molecular formula is C17H16ClNO. The van der Waals surface area contributed by atoms with Crippen LogP contribution >= 0.6 is 11.6 Å². The van der Waals surface area contributed by atoms with Crippen LogP contribution in [0.2, 0.25) is 5.02 Å². The van der Waals surface area contributed by atoms with E-state index in [0.29, 0.717) is 12.1 Å². The zero-order valence-electron chi connectivity index (χ0n) is 11.1. The van der Waals surface area contributed by atoms with E-state index in [2.05, 4.69) is 17.4 Å². The van der Waals surface area contributed by atoms with Gasteiger partial charge in [0.15, 0.2) is 0 Å². The number of rotatable bonds is 4. The van der Waals surface area contributed by atoms with Gasteiger partial charge in [-0.3, -0.25) is 4.79 Å². The van der Waals surface area contributed by atoms with Gasteiger partial charge in [0.25, 0.3) is 5.91 Å². The van der Waals surface area contributed by atoms with Crippen LogP contribution in [0.15, 0.2) is 54.6 Å². The molecule has 1 aliphatic carbocycles. The number of hydrogen-bond acceptors (Lipinski definition) is 1. The third-order valence-electron chi connectivity index (χ3n) is 3.93. The van der Waals surface area contributed by atoms with Gasteiger partial charge in [0.05, 0.1) is 0 Å². The van der Waals surface area contributed by atoms with E-state index in [4.69, 9.17) is 11.6 Å². The lowest BCUT2D eigenvalue weighted by molar-refractivity contribution is 0.0949. The summed E-state index contributed by atoms with van der Waals surface area (Å²) in [7, 11) is 0. The smallest absolute Gasteiger partial charge is 0.251 e. The van der Waals surface area contributed by atoms with Crippen LogP contribution < -0.4 is 5.32 Å². The topological polar surface area (TPSA) is 29.1 Å². The molecule has 0 radical (unpaired) electrons. The van der Waals surface area contributed by atoms with E-state index < -0.39 is 0 Å². The minimum absolute atomic E-state index is 0.00848. The molecule has 0 bridgehead atoms. The zero-order chi connectivity index (χ0) is 14.0. The summed E-state index contributed by atoms with van der Waals surface area (Å²) >= 11 is 5.92. The molecule has 0 aromatic heterocycles. The van der Waals surface area contributed by atoms with Crippen LogP contribution in [0.5, 0.6) is 0 Å². The molecule has 2 aromatic rings. The molecule has 102 valence electrons. The molecule has 0 unspecified atom stereocenters. The molecule has 1 aliphatic rings. The van der Waals surface area contributed by atoms with Gasteiger partial charge in [-0.05, 0) is 42.7 Å². The van der Waals surface area contributed by atoms with Crippen molar-refractivity contribution >= 4 is 17.5 Å². The van der Waals surface area contributed by atoms with Gasteiger partial charge in [0, 0.05) is 22.5 Å². The molecule has 1 fully saturated rings. The first-order chi connectivity index (χ1) is 9.70. The summed E-state index contributed by atoms with van der Waals surface area (Å²) in [6, 6.07) is 17.3. The fraction of sp³-hybridized carbons (Fsp3) is 0.235. The van der Waals surface area contributed by atoms with Crippen LogP contribution in [0, 0.1) is 0 Å². The third-order valence-corrected chi connectivity index (χ3v) is 4.19. The van der Waals surface area contributed by atoms with Gasteiger partial charge in [0.1, 0.15) is 0 Å². The van der Waals surface area contributed by atoms with Crippen molar-refractivity contribution in [2.75, 3.05) is 6.54 Å². The van der Waals surface area contributed by atoms with E-state index in [0.717, 1.165) is 17.9 Å². The minimum Gasteiger partial charge on any atom is -0.351 e. The number of nitrogens with one attached hydrogen (secondary N) is 1. The van der Waals surface area contributed by atoms with E-state index in [1.165, 1.54) is 5.56 Å². The Kier molecular flexibility index (Phi) is 3.49. The molecule has 0 aliphatic heterocycles. The van der Waals surface area contributed by atoms with Crippen molar-refractivity contribution in [1.82, 2.24) is 5.32 Å². The fourth-order valence-corrected chi connectivity index (χ4v) is 2.59. The van der Waals surface area contributed by atoms with Crippen LogP contribution in [0.25, 0.3) is 0 Å². The van der Waals surface area contributed by atoms with Crippen molar-refractivity contribution in [3.63, 3.8) is 0 Å². The SMILES string of the molecule is O=C(NCC1(c2ccc(Cl)cc2)CC1)c1ccccc1. The van der Waals surface area contributed by atoms with Gasteiger partial charge in [-0.25, -0.2) is 0 Å². The number of halogens is 1. The quantitative estimate of drug-likeness (QED) is 0.909. The first kappa shape index (κ1) is 13.2. The number of carbonyl (C=O) groups excluding carboxylic acids is 1. The second kappa shape index (κ2) is 5.29. The summed E-state index contributed by atoms with van der Waals surface area (Å²) in [6.07, 6.45) is 2.23. The molecule has 0 saturated heterocycles. The van der Waals surface area contributed by atoms with Gasteiger partial charge in [0.2, 0.25) is 0 Å².